The van der Waals surface area contributed by atoms with Crippen LogP contribution in [0.15, 0.2) is 48.5 Å². The number of carboxylic acid groups (broad SMARTS) is 1. The first-order valence-electron chi connectivity index (χ1n) is 9.78. The molecule has 4 rings (SSSR count). The van der Waals surface area contributed by atoms with Gasteiger partial charge in [-0.2, -0.15) is 0 Å². The summed E-state index contributed by atoms with van der Waals surface area (Å²) in [5.41, 5.74) is 1.84. The summed E-state index contributed by atoms with van der Waals surface area (Å²) in [5, 5.41) is 12.9. The lowest BCUT2D eigenvalue weighted by Gasteiger charge is -2.40. The molecular weight excluding hydrogens is 338 g/mol. The maximum Gasteiger partial charge on any atom is 0.354 e. The largest absolute Gasteiger partial charge is 0.477 e. The third kappa shape index (κ3) is 4.14. The van der Waals surface area contributed by atoms with Crippen LogP contribution in [0.1, 0.15) is 48.2 Å². The minimum absolute atomic E-state index is 0.114. The number of benzene rings is 1. The molecule has 1 saturated heterocycles. The van der Waals surface area contributed by atoms with E-state index < -0.39 is 5.97 Å². The van der Waals surface area contributed by atoms with E-state index in [1.807, 2.05) is 6.07 Å². The van der Waals surface area contributed by atoms with Crippen molar-refractivity contribution in [3.8, 4) is 0 Å². The van der Waals surface area contributed by atoms with Crippen molar-refractivity contribution in [2.75, 3.05) is 24.5 Å². The molecule has 0 amide bonds. The van der Waals surface area contributed by atoms with E-state index >= 15 is 0 Å². The van der Waals surface area contributed by atoms with E-state index in [1.54, 1.807) is 12.1 Å². The van der Waals surface area contributed by atoms with Crippen LogP contribution >= 0.6 is 0 Å². The lowest BCUT2D eigenvalue weighted by molar-refractivity contribution is 0.0690. The number of nitrogens with zero attached hydrogens (tertiary/aromatic N) is 2. The molecule has 2 N–H and O–H groups in total. The second kappa shape index (κ2) is 7.31. The Balaban J connectivity index is 1.28. The average Bonchev–Trinajstić information content (AvgIpc) is 3.48. The minimum Gasteiger partial charge on any atom is -0.477 e. The lowest BCUT2D eigenvalue weighted by atomic mass is 9.80. The predicted octanol–water partition coefficient (Wildman–Crippen LogP) is 3.53. The molecule has 2 fully saturated rings. The van der Waals surface area contributed by atoms with Gasteiger partial charge in [0.1, 0.15) is 5.82 Å². The van der Waals surface area contributed by atoms with Crippen LogP contribution in [0.2, 0.25) is 0 Å². The van der Waals surface area contributed by atoms with Crippen LogP contribution in [-0.2, 0) is 0 Å². The molecule has 5 heteroatoms. The van der Waals surface area contributed by atoms with Crippen LogP contribution in [-0.4, -0.2) is 41.7 Å². The molecule has 2 heterocycles. The number of anilines is 1. The van der Waals surface area contributed by atoms with E-state index in [9.17, 15) is 4.79 Å². The van der Waals surface area contributed by atoms with Crippen molar-refractivity contribution in [1.29, 1.82) is 0 Å². The summed E-state index contributed by atoms with van der Waals surface area (Å²) in [4.78, 5) is 17.6. The summed E-state index contributed by atoms with van der Waals surface area (Å²) in [6, 6.07) is 16.6. The first-order valence-corrected chi connectivity index (χ1v) is 9.78. The van der Waals surface area contributed by atoms with Gasteiger partial charge in [-0.15, -0.1) is 0 Å². The zero-order valence-electron chi connectivity index (χ0n) is 15.8. The quantitative estimate of drug-likeness (QED) is 0.820. The molecule has 1 aliphatic heterocycles. The number of piperidine rings is 1. The molecule has 2 aliphatic rings. The second-order valence-electron chi connectivity index (χ2n) is 8.22. The van der Waals surface area contributed by atoms with Crippen molar-refractivity contribution in [2.24, 2.45) is 5.41 Å². The number of carboxylic acids is 1. The first-order chi connectivity index (χ1) is 13.0. The Labute approximate surface area is 160 Å². The summed E-state index contributed by atoms with van der Waals surface area (Å²) >= 11 is 0. The fraction of sp³-hybridized carbons (Fsp3) is 0.455. The molecule has 1 aliphatic carbocycles. The highest BCUT2D eigenvalue weighted by molar-refractivity contribution is 5.85. The molecule has 2 atom stereocenters. The van der Waals surface area contributed by atoms with Crippen molar-refractivity contribution in [3.63, 3.8) is 0 Å². The van der Waals surface area contributed by atoms with E-state index in [0.717, 1.165) is 38.3 Å². The smallest absolute Gasteiger partial charge is 0.354 e. The molecule has 1 aromatic carbocycles. The van der Waals surface area contributed by atoms with Gasteiger partial charge in [-0.1, -0.05) is 43.3 Å². The number of aromatic carboxylic acids is 1. The number of rotatable bonds is 6. The van der Waals surface area contributed by atoms with Crippen LogP contribution in [0, 0.1) is 5.41 Å². The van der Waals surface area contributed by atoms with Crippen molar-refractivity contribution >= 4 is 11.8 Å². The van der Waals surface area contributed by atoms with Gasteiger partial charge in [0.2, 0.25) is 0 Å². The first kappa shape index (κ1) is 18.0. The van der Waals surface area contributed by atoms with E-state index in [1.165, 1.54) is 12.0 Å². The molecule has 0 spiro atoms. The van der Waals surface area contributed by atoms with Gasteiger partial charge in [0.05, 0.1) is 0 Å². The summed E-state index contributed by atoms with van der Waals surface area (Å²) in [6.07, 6.45) is 3.40. The van der Waals surface area contributed by atoms with Gasteiger partial charge in [-0.3, -0.25) is 0 Å². The lowest BCUT2D eigenvalue weighted by Crippen LogP contribution is -2.44. The normalized spacial score (nSPS) is 23.8. The Hall–Kier alpha value is -2.40. The summed E-state index contributed by atoms with van der Waals surface area (Å²) in [5.74, 6) is 0.467. The summed E-state index contributed by atoms with van der Waals surface area (Å²) in [7, 11) is 0. The average molecular weight is 365 g/mol. The van der Waals surface area contributed by atoms with Gasteiger partial charge in [0.25, 0.3) is 0 Å². The Morgan fingerprint density at radius 2 is 1.93 bits per heavy atom. The highest BCUT2D eigenvalue weighted by Crippen LogP contribution is 2.41. The Bertz CT molecular complexity index is 800. The molecule has 1 aromatic heterocycles. The van der Waals surface area contributed by atoms with Crippen molar-refractivity contribution in [3.05, 3.63) is 59.8 Å². The van der Waals surface area contributed by atoms with Crippen molar-refractivity contribution in [2.45, 2.75) is 38.1 Å². The predicted molar refractivity (Wildman–Crippen MR) is 106 cm³/mol. The highest BCUT2D eigenvalue weighted by Gasteiger charge is 2.40. The number of hydrogen-bond acceptors (Lipinski definition) is 4. The third-order valence-electron chi connectivity index (χ3n) is 6.06. The van der Waals surface area contributed by atoms with E-state index in [-0.39, 0.29) is 11.1 Å². The standard InChI is InChI=1S/C22H27N3O2/c1-22(15-23-19-14-17(19)16-6-3-2-4-7-16)10-12-25(13-11-22)20-9-5-8-18(24-20)21(26)27/h2-9,17,19,23H,10-15H2,1H3,(H,26,27)/t17?,19-/m1/s1. The molecule has 27 heavy (non-hydrogen) atoms. The van der Waals surface area contributed by atoms with Gasteiger partial charge in [0, 0.05) is 31.6 Å². The van der Waals surface area contributed by atoms with Gasteiger partial charge in [-0.05, 0) is 42.4 Å². The maximum absolute atomic E-state index is 11.1. The number of hydrogen-bond donors (Lipinski definition) is 2. The summed E-state index contributed by atoms with van der Waals surface area (Å²) < 4.78 is 0. The van der Waals surface area contributed by atoms with Crippen molar-refractivity contribution in [1.82, 2.24) is 10.3 Å². The Morgan fingerprint density at radius 1 is 1.19 bits per heavy atom. The van der Waals surface area contributed by atoms with E-state index in [2.05, 4.69) is 52.5 Å². The second-order valence-corrected chi connectivity index (χ2v) is 8.22. The molecule has 2 aromatic rings. The molecule has 1 unspecified atom stereocenters. The molecule has 142 valence electrons. The van der Waals surface area contributed by atoms with Crippen molar-refractivity contribution < 1.29 is 9.90 Å². The van der Waals surface area contributed by atoms with Gasteiger partial charge in [-0.25, -0.2) is 9.78 Å². The van der Waals surface area contributed by atoms with Crippen LogP contribution in [0.4, 0.5) is 5.82 Å². The molecule has 0 bridgehead atoms. The zero-order chi connectivity index (χ0) is 18.9. The van der Waals surface area contributed by atoms with Gasteiger partial charge >= 0.3 is 5.97 Å². The van der Waals surface area contributed by atoms with Crippen LogP contribution < -0.4 is 10.2 Å². The molecule has 1 saturated carbocycles. The summed E-state index contributed by atoms with van der Waals surface area (Å²) in [6.45, 7) is 5.23. The number of pyridine rings is 1. The van der Waals surface area contributed by atoms with Gasteiger partial charge < -0.3 is 15.3 Å². The Kier molecular flexibility index (Phi) is 4.87. The number of aromatic nitrogens is 1. The molecular formula is C22H27N3O2. The maximum atomic E-state index is 11.1. The molecule has 5 nitrogen and oxygen atoms in total. The fourth-order valence-electron chi connectivity index (χ4n) is 4.04. The highest BCUT2D eigenvalue weighted by atomic mass is 16.4. The fourth-order valence-corrected chi connectivity index (χ4v) is 4.04. The van der Waals surface area contributed by atoms with Gasteiger partial charge in [0.15, 0.2) is 5.69 Å². The van der Waals surface area contributed by atoms with Crippen LogP contribution in [0.25, 0.3) is 0 Å². The van der Waals surface area contributed by atoms with E-state index in [4.69, 9.17) is 5.11 Å². The monoisotopic (exact) mass is 365 g/mol. The minimum atomic E-state index is -0.972. The van der Waals surface area contributed by atoms with Crippen LogP contribution in [0.3, 0.4) is 0 Å². The molecule has 0 radical (unpaired) electrons. The number of nitrogens with one attached hydrogen (secondary N) is 1. The third-order valence-corrected chi connectivity index (χ3v) is 6.06. The SMILES string of the molecule is CC1(CN[C@@H]2CC2c2ccccc2)CCN(c2cccc(C(=O)O)n2)CC1. The van der Waals surface area contributed by atoms with Crippen LogP contribution in [0.5, 0.6) is 0 Å². The topological polar surface area (TPSA) is 65.5 Å². The Morgan fingerprint density at radius 3 is 2.63 bits per heavy atom. The number of carbonyl (C=O) groups is 1. The van der Waals surface area contributed by atoms with E-state index in [0.29, 0.717) is 12.0 Å². The zero-order valence-corrected chi connectivity index (χ0v) is 15.8.